The molecule has 8 heteroatoms. The third kappa shape index (κ3) is 4.54. The Balaban J connectivity index is 1.63. The van der Waals surface area contributed by atoms with Gasteiger partial charge in [-0.05, 0) is 38.0 Å². The van der Waals surface area contributed by atoms with Gasteiger partial charge in [0.25, 0.3) is 0 Å². The molecule has 138 valence electrons. The molecule has 1 aromatic carbocycles. The quantitative estimate of drug-likeness (QED) is 0.837. The highest BCUT2D eigenvalue weighted by Crippen LogP contribution is 2.27. The number of nitrogens with zero attached hydrogens (tertiary/aromatic N) is 3. The number of anilines is 2. The van der Waals surface area contributed by atoms with Crippen molar-refractivity contribution in [3.8, 4) is 5.75 Å². The maximum atomic E-state index is 12.2. The minimum Gasteiger partial charge on any atom is -0.495 e. The average molecular weight is 376 g/mol. The van der Waals surface area contributed by atoms with E-state index in [-0.39, 0.29) is 12.6 Å². The zero-order valence-corrected chi connectivity index (χ0v) is 15.6. The van der Waals surface area contributed by atoms with E-state index in [1.54, 1.807) is 18.2 Å². The molecule has 0 unspecified atom stereocenters. The van der Waals surface area contributed by atoms with Crippen molar-refractivity contribution in [1.29, 1.82) is 0 Å². The smallest absolute Gasteiger partial charge is 0.319 e. The molecular formula is C18H22ClN5O2. The van der Waals surface area contributed by atoms with E-state index >= 15 is 0 Å². The van der Waals surface area contributed by atoms with E-state index in [9.17, 15) is 4.79 Å². The Kier molecular flexibility index (Phi) is 5.78. The highest BCUT2D eigenvalue weighted by atomic mass is 35.5. The number of amides is 2. The Morgan fingerprint density at radius 1 is 1.27 bits per heavy atom. The average Bonchev–Trinajstić information content (AvgIpc) is 3.14. The van der Waals surface area contributed by atoms with Gasteiger partial charge in [0.2, 0.25) is 0 Å². The fourth-order valence-electron chi connectivity index (χ4n) is 2.90. The number of rotatable bonds is 5. The van der Waals surface area contributed by atoms with Crippen LogP contribution in [0, 0.1) is 6.92 Å². The summed E-state index contributed by atoms with van der Waals surface area (Å²) in [5.41, 5.74) is 1.39. The number of carbonyl (C=O) groups excluding carboxylic acids is 1. The molecule has 1 saturated heterocycles. The van der Waals surface area contributed by atoms with Gasteiger partial charge in [0, 0.05) is 29.9 Å². The molecule has 1 aliphatic heterocycles. The third-order valence-corrected chi connectivity index (χ3v) is 4.37. The summed E-state index contributed by atoms with van der Waals surface area (Å²) in [7, 11) is 1.53. The lowest BCUT2D eigenvalue weighted by molar-refractivity contribution is 0.251. The van der Waals surface area contributed by atoms with Gasteiger partial charge in [0.15, 0.2) is 0 Å². The van der Waals surface area contributed by atoms with Crippen LogP contribution < -0.4 is 20.3 Å². The van der Waals surface area contributed by atoms with E-state index in [1.807, 2.05) is 13.0 Å². The summed E-state index contributed by atoms with van der Waals surface area (Å²) in [6.45, 7) is 4.19. The Morgan fingerprint density at radius 3 is 2.77 bits per heavy atom. The van der Waals surface area contributed by atoms with Crippen LogP contribution in [0.1, 0.15) is 24.4 Å². The Morgan fingerprint density at radius 2 is 2.04 bits per heavy atom. The predicted octanol–water partition coefficient (Wildman–Crippen LogP) is 3.37. The fourth-order valence-corrected chi connectivity index (χ4v) is 3.08. The number of carbonyl (C=O) groups is 1. The van der Waals surface area contributed by atoms with Crippen LogP contribution in [0.5, 0.6) is 5.75 Å². The van der Waals surface area contributed by atoms with Crippen LogP contribution in [0.3, 0.4) is 0 Å². The van der Waals surface area contributed by atoms with Crippen LogP contribution in [0.2, 0.25) is 5.02 Å². The topological polar surface area (TPSA) is 79.4 Å². The molecule has 2 N–H and O–H groups in total. The highest BCUT2D eigenvalue weighted by molar-refractivity contribution is 6.31. The van der Waals surface area contributed by atoms with Crippen molar-refractivity contribution in [2.45, 2.75) is 26.3 Å². The summed E-state index contributed by atoms with van der Waals surface area (Å²) in [6.07, 6.45) is 2.36. The number of methoxy groups -OCH3 is 1. The molecule has 2 amide bonds. The standard InChI is InChI=1S/C18H22ClN5O2/c1-12-9-17(24-7-3-4-8-24)23-16(21-12)11-20-18(25)22-14-10-13(19)5-6-15(14)26-2/h5-6,9-10H,3-4,7-8,11H2,1-2H3,(H2,20,22,25). The van der Waals surface area contributed by atoms with E-state index < -0.39 is 0 Å². The lowest BCUT2D eigenvalue weighted by Crippen LogP contribution is -2.29. The summed E-state index contributed by atoms with van der Waals surface area (Å²) in [4.78, 5) is 23.4. The fraction of sp³-hybridized carbons (Fsp3) is 0.389. The molecule has 0 atom stereocenters. The molecule has 1 aromatic heterocycles. The van der Waals surface area contributed by atoms with Crippen molar-refractivity contribution in [3.63, 3.8) is 0 Å². The van der Waals surface area contributed by atoms with E-state index in [0.717, 1.165) is 24.6 Å². The maximum Gasteiger partial charge on any atom is 0.319 e. The monoisotopic (exact) mass is 375 g/mol. The second-order valence-electron chi connectivity index (χ2n) is 6.13. The SMILES string of the molecule is COc1ccc(Cl)cc1NC(=O)NCc1nc(C)cc(N2CCCC2)n1. The normalized spacial score (nSPS) is 13.6. The molecule has 26 heavy (non-hydrogen) atoms. The summed E-state index contributed by atoms with van der Waals surface area (Å²) < 4.78 is 5.22. The number of urea groups is 1. The van der Waals surface area contributed by atoms with Gasteiger partial charge in [0.1, 0.15) is 17.4 Å². The van der Waals surface area contributed by atoms with E-state index in [2.05, 4.69) is 25.5 Å². The number of nitrogens with one attached hydrogen (secondary N) is 2. The molecular weight excluding hydrogens is 354 g/mol. The predicted molar refractivity (Wildman–Crippen MR) is 102 cm³/mol. The molecule has 0 aliphatic carbocycles. The van der Waals surface area contributed by atoms with Crippen molar-refractivity contribution < 1.29 is 9.53 Å². The molecule has 0 spiro atoms. The van der Waals surface area contributed by atoms with Crippen LogP contribution in [0.25, 0.3) is 0 Å². The van der Waals surface area contributed by atoms with Crippen LogP contribution in [0.15, 0.2) is 24.3 Å². The van der Waals surface area contributed by atoms with E-state index in [0.29, 0.717) is 22.3 Å². The van der Waals surface area contributed by atoms with E-state index in [1.165, 1.54) is 20.0 Å². The zero-order chi connectivity index (χ0) is 18.5. The van der Waals surface area contributed by atoms with Gasteiger partial charge in [0.05, 0.1) is 19.3 Å². The van der Waals surface area contributed by atoms with Crippen molar-refractivity contribution in [2.75, 3.05) is 30.4 Å². The van der Waals surface area contributed by atoms with Gasteiger partial charge in [-0.1, -0.05) is 11.6 Å². The van der Waals surface area contributed by atoms with Crippen LogP contribution in [0.4, 0.5) is 16.3 Å². The van der Waals surface area contributed by atoms with Gasteiger partial charge < -0.3 is 20.3 Å². The molecule has 0 bridgehead atoms. The Labute approximate surface area is 157 Å². The summed E-state index contributed by atoms with van der Waals surface area (Å²) in [5, 5.41) is 6.01. The second kappa shape index (κ2) is 8.23. The minimum absolute atomic E-state index is 0.233. The number of benzene rings is 1. The first-order valence-electron chi connectivity index (χ1n) is 8.53. The molecule has 0 radical (unpaired) electrons. The second-order valence-corrected chi connectivity index (χ2v) is 6.57. The lowest BCUT2D eigenvalue weighted by Gasteiger charge is -2.17. The van der Waals surface area contributed by atoms with Crippen molar-refractivity contribution >= 4 is 29.1 Å². The molecule has 2 heterocycles. The van der Waals surface area contributed by atoms with Gasteiger partial charge in [-0.3, -0.25) is 0 Å². The number of ether oxygens (including phenoxy) is 1. The maximum absolute atomic E-state index is 12.2. The lowest BCUT2D eigenvalue weighted by atomic mass is 10.3. The number of halogens is 1. The van der Waals surface area contributed by atoms with Gasteiger partial charge >= 0.3 is 6.03 Å². The Hall–Kier alpha value is -2.54. The van der Waals surface area contributed by atoms with Gasteiger partial charge in [-0.25, -0.2) is 14.8 Å². The first-order chi connectivity index (χ1) is 12.5. The number of hydrogen-bond donors (Lipinski definition) is 2. The Bertz CT molecular complexity index is 793. The molecule has 7 nitrogen and oxygen atoms in total. The summed E-state index contributed by atoms with van der Waals surface area (Å²) in [5.74, 6) is 2.04. The summed E-state index contributed by atoms with van der Waals surface area (Å²) in [6, 6.07) is 6.63. The number of hydrogen-bond acceptors (Lipinski definition) is 5. The third-order valence-electron chi connectivity index (χ3n) is 4.13. The number of aromatic nitrogens is 2. The van der Waals surface area contributed by atoms with Crippen molar-refractivity contribution in [1.82, 2.24) is 15.3 Å². The van der Waals surface area contributed by atoms with Crippen LogP contribution >= 0.6 is 11.6 Å². The number of aryl methyl sites for hydroxylation is 1. The van der Waals surface area contributed by atoms with Gasteiger partial charge in [-0.15, -0.1) is 0 Å². The zero-order valence-electron chi connectivity index (χ0n) is 14.9. The van der Waals surface area contributed by atoms with E-state index in [4.69, 9.17) is 16.3 Å². The highest BCUT2D eigenvalue weighted by Gasteiger charge is 2.15. The molecule has 1 fully saturated rings. The largest absolute Gasteiger partial charge is 0.495 e. The van der Waals surface area contributed by atoms with Crippen molar-refractivity contribution in [3.05, 3.63) is 40.8 Å². The molecule has 2 aromatic rings. The summed E-state index contributed by atoms with van der Waals surface area (Å²) >= 11 is 5.98. The van der Waals surface area contributed by atoms with Crippen LogP contribution in [-0.2, 0) is 6.54 Å². The van der Waals surface area contributed by atoms with Crippen molar-refractivity contribution in [2.24, 2.45) is 0 Å². The molecule has 0 saturated carbocycles. The van der Waals surface area contributed by atoms with Gasteiger partial charge in [-0.2, -0.15) is 0 Å². The molecule has 1 aliphatic rings. The first kappa shape index (κ1) is 18.3. The van der Waals surface area contributed by atoms with Crippen LogP contribution in [-0.4, -0.2) is 36.2 Å². The molecule has 3 rings (SSSR count). The minimum atomic E-state index is -0.376. The first-order valence-corrected chi connectivity index (χ1v) is 8.91.